The molecule has 2 heterocycles. The van der Waals surface area contributed by atoms with Gasteiger partial charge in [0.15, 0.2) is 5.13 Å². The normalized spacial score (nSPS) is 20.2. The highest BCUT2D eigenvalue weighted by Crippen LogP contribution is 2.33. The van der Waals surface area contributed by atoms with Crippen molar-refractivity contribution in [2.24, 2.45) is 0 Å². The molecule has 1 amide bonds. The van der Waals surface area contributed by atoms with Crippen LogP contribution in [0.15, 0.2) is 5.38 Å². The number of anilines is 1. The van der Waals surface area contributed by atoms with Gasteiger partial charge in [-0.25, -0.2) is 4.98 Å². The summed E-state index contributed by atoms with van der Waals surface area (Å²) >= 11 is 1.49. The Hall–Kier alpha value is -0.980. The van der Waals surface area contributed by atoms with Crippen molar-refractivity contribution < 1.29 is 9.53 Å². The molecular formula is C12H19N3O2S. The first-order valence-electron chi connectivity index (χ1n) is 6.16. The predicted molar refractivity (Wildman–Crippen MR) is 71.8 cm³/mol. The van der Waals surface area contributed by atoms with E-state index in [4.69, 9.17) is 4.74 Å². The van der Waals surface area contributed by atoms with Crippen LogP contribution in [0.1, 0.15) is 31.5 Å². The smallest absolute Gasteiger partial charge is 0.223 e. The van der Waals surface area contributed by atoms with Gasteiger partial charge in [-0.15, -0.1) is 11.3 Å². The van der Waals surface area contributed by atoms with Gasteiger partial charge in [-0.05, 0) is 19.4 Å². The van der Waals surface area contributed by atoms with E-state index in [0.717, 1.165) is 31.8 Å². The van der Waals surface area contributed by atoms with Gasteiger partial charge in [0.05, 0.1) is 18.3 Å². The fourth-order valence-corrected chi connectivity index (χ4v) is 3.09. The van der Waals surface area contributed by atoms with Crippen LogP contribution >= 0.6 is 11.3 Å². The SMILES string of the molecule is COCCN1CCCC1c1csc(NC(C)=O)n1. The van der Waals surface area contributed by atoms with Crippen LogP contribution in [0.5, 0.6) is 0 Å². The van der Waals surface area contributed by atoms with Crippen LogP contribution in [-0.2, 0) is 9.53 Å². The Balaban J connectivity index is 2.00. The number of carbonyl (C=O) groups is 1. The maximum Gasteiger partial charge on any atom is 0.223 e. The lowest BCUT2D eigenvalue weighted by Crippen LogP contribution is -2.27. The molecule has 100 valence electrons. The summed E-state index contributed by atoms with van der Waals surface area (Å²) in [5.74, 6) is -0.0708. The molecule has 0 spiro atoms. The van der Waals surface area contributed by atoms with E-state index in [1.165, 1.54) is 24.7 Å². The third kappa shape index (κ3) is 3.28. The summed E-state index contributed by atoms with van der Waals surface area (Å²) in [4.78, 5) is 17.9. The van der Waals surface area contributed by atoms with Gasteiger partial charge < -0.3 is 10.1 Å². The van der Waals surface area contributed by atoms with Crippen LogP contribution in [0.25, 0.3) is 0 Å². The van der Waals surface area contributed by atoms with Gasteiger partial charge in [-0.2, -0.15) is 0 Å². The standard InChI is InChI=1S/C12H19N3O2S/c1-9(16)13-12-14-10(8-18-12)11-4-3-5-15(11)6-7-17-2/h8,11H,3-7H2,1-2H3,(H,13,14,16). The quantitative estimate of drug-likeness (QED) is 0.887. The lowest BCUT2D eigenvalue weighted by atomic mass is 10.2. The minimum absolute atomic E-state index is 0.0708. The first kappa shape index (κ1) is 13.5. The Bertz CT molecular complexity index is 408. The van der Waals surface area contributed by atoms with Crippen molar-refractivity contribution in [2.75, 3.05) is 32.1 Å². The van der Waals surface area contributed by atoms with E-state index < -0.39 is 0 Å². The summed E-state index contributed by atoms with van der Waals surface area (Å²) in [6.45, 7) is 4.29. The fraction of sp³-hybridized carbons (Fsp3) is 0.667. The first-order valence-corrected chi connectivity index (χ1v) is 7.04. The molecule has 6 heteroatoms. The largest absolute Gasteiger partial charge is 0.383 e. The van der Waals surface area contributed by atoms with Gasteiger partial charge in [-0.3, -0.25) is 9.69 Å². The van der Waals surface area contributed by atoms with Crippen LogP contribution in [0, 0.1) is 0 Å². The van der Waals surface area contributed by atoms with E-state index >= 15 is 0 Å². The Morgan fingerprint density at radius 1 is 1.72 bits per heavy atom. The summed E-state index contributed by atoms with van der Waals surface area (Å²) in [5.41, 5.74) is 1.07. The van der Waals surface area contributed by atoms with Crippen molar-refractivity contribution in [1.29, 1.82) is 0 Å². The molecule has 1 fully saturated rings. The summed E-state index contributed by atoms with van der Waals surface area (Å²) in [6, 6.07) is 0.374. The van der Waals surface area contributed by atoms with E-state index in [0.29, 0.717) is 11.2 Å². The molecule has 1 unspecified atom stereocenters. The Morgan fingerprint density at radius 2 is 2.56 bits per heavy atom. The van der Waals surface area contributed by atoms with Crippen molar-refractivity contribution in [2.45, 2.75) is 25.8 Å². The van der Waals surface area contributed by atoms with Crippen molar-refractivity contribution in [3.05, 3.63) is 11.1 Å². The Morgan fingerprint density at radius 3 is 3.28 bits per heavy atom. The van der Waals surface area contributed by atoms with Gasteiger partial charge in [0, 0.05) is 26.0 Å². The number of methoxy groups -OCH3 is 1. The number of hydrogen-bond acceptors (Lipinski definition) is 5. The zero-order valence-electron chi connectivity index (χ0n) is 10.8. The first-order chi connectivity index (χ1) is 8.70. The highest BCUT2D eigenvalue weighted by molar-refractivity contribution is 7.13. The Kier molecular flexibility index (Phi) is 4.68. The zero-order valence-corrected chi connectivity index (χ0v) is 11.6. The summed E-state index contributed by atoms with van der Waals surface area (Å²) in [5, 5.41) is 5.47. The van der Waals surface area contributed by atoms with Gasteiger partial charge in [0.2, 0.25) is 5.91 Å². The molecule has 1 aliphatic heterocycles. The molecule has 1 atom stereocenters. The molecule has 0 bridgehead atoms. The molecule has 1 saturated heterocycles. The maximum absolute atomic E-state index is 11.0. The second-order valence-electron chi connectivity index (χ2n) is 4.45. The number of aromatic nitrogens is 1. The lowest BCUT2D eigenvalue weighted by Gasteiger charge is -2.22. The molecule has 2 rings (SSSR count). The third-order valence-corrected chi connectivity index (χ3v) is 3.87. The van der Waals surface area contributed by atoms with Crippen LogP contribution in [-0.4, -0.2) is 42.6 Å². The number of carbonyl (C=O) groups excluding carboxylic acids is 1. The van der Waals surface area contributed by atoms with Crippen molar-refractivity contribution in [3.8, 4) is 0 Å². The maximum atomic E-state index is 11.0. The highest BCUT2D eigenvalue weighted by atomic mass is 32.1. The number of nitrogens with one attached hydrogen (secondary N) is 1. The second kappa shape index (κ2) is 6.26. The van der Waals surface area contributed by atoms with E-state index in [1.54, 1.807) is 7.11 Å². The molecule has 1 aromatic rings. The van der Waals surface area contributed by atoms with Gasteiger partial charge in [0.25, 0.3) is 0 Å². The van der Waals surface area contributed by atoms with Crippen LogP contribution < -0.4 is 5.32 Å². The molecule has 0 saturated carbocycles. The molecule has 0 aromatic carbocycles. The molecule has 1 aliphatic rings. The number of rotatable bonds is 5. The number of likely N-dealkylation sites (tertiary alicyclic amines) is 1. The third-order valence-electron chi connectivity index (χ3n) is 3.09. The number of nitrogens with zero attached hydrogens (tertiary/aromatic N) is 2. The van der Waals surface area contributed by atoms with E-state index in [1.807, 2.05) is 5.38 Å². The van der Waals surface area contributed by atoms with E-state index in [-0.39, 0.29) is 5.91 Å². The summed E-state index contributed by atoms with van der Waals surface area (Å²) < 4.78 is 5.13. The van der Waals surface area contributed by atoms with Gasteiger partial charge in [0.1, 0.15) is 0 Å². The number of hydrogen-bond donors (Lipinski definition) is 1. The van der Waals surface area contributed by atoms with Crippen molar-refractivity contribution in [3.63, 3.8) is 0 Å². The predicted octanol–water partition coefficient (Wildman–Crippen LogP) is 1.88. The van der Waals surface area contributed by atoms with Crippen LogP contribution in [0.4, 0.5) is 5.13 Å². The molecule has 0 radical (unpaired) electrons. The molecule has 1 aromatic heterocycles. The van der Waals surface area contributed by atoms with E-state index in [9.17, 15) is 4.79 Å². The molecule has 18 heavy (non-hydrogen) atoms. The average Bonchev–Trinajstić information content (AvgIpc) is 2.93. The topological polar surface area (TPSA) is 54.5 Å². The zero-order chi connectivity index (χ0) is 13.0. The van der Waals surface area contributed by atoms with Gasteiger partial charge in [-0.1, -0.05) is 0 Å². The molecule has 0 aliphatic carbocycles. The summed E-state index contributed by atoms with van der Waals surface area (Å²) in [7, 11) is 1.73. The number of amides is 1. The van der Waals surface area contributed by atoms with Crippen LogP contribution in [0.3, 0.4) is 0 Å². The average molecular weight is 269 g/mol. The monoisotopic (exact) mass is 269 g/mol. The van der Waals surface area contributed by atoms with Gasteiger partial charge >= 0.3 is 0 Å². The lowest BCUT2D eigenvalue weighted by molar-refractivity contribution is -0.114. The van der Waals surface area contributed by atoms with Crippen LogP contribution in [0.2, 0.25) is 0 Å². The second-order valence-corrected chi connectivity index (χ2v) is 5.30. The number of ether oxygens (including phenoxy) is 1. The molecule has 5 nitrogen and oxygen atoms in total. The number of thiazole rings is 1. The van der Waals surface area contributed by atoms with Crippen molar-refractivity contribution >= 4 is 22.4 Å². The summed E-state index contributed by atoms with van der Waals surface area (Å²) in [6.07, 6.45) is 2.33. The minimum atomic E-state index is -0.0708. The molecular weight excluding hydrogens is 250 g/mol. The highest BCUT2D eigenvalue weighted by Gasteiger charge is 2.27. The van der Waals surface area contributed by atoms with Crippen molar-refractivity contribution in [1.82, 2.24) is 9.88 Å². The minimum Gasteiger partial charge on any atom is -0.383 e. The Labute approximate surface area is 111 Å². The fourth-order valence-electron chi connectivity index (χ4n) is 2.28. The van der Waals surface area contributed by atoms with E-state index in [2.05, 4.69) is 15.2 Å². The molecule has 1 N–H and O–H groups in total.